The third kappa shape index (κ3) is 4.17. The Kier molecular flexibility index (Phi) is 5.36. The smallest absolute Gasteiger partial charge is 0.321 e. The Balaban J connectivity index is 1.59. The van der Waals surface area contributed by atoms with E-state index in [-0.39, 0.29) is 11.3 Å². The third-order valence-corrected chi connectivity index (χ3v) is 7.42. The first-order valence-electron chi connectivity index (χ1n) is 9.14. The Bertz CT molecular complexity index is 1280. The minimum absolute atomic E-state index is 0.0718. The Morgan fingerprint density at radius 3 is 2.38 bits per heavy atom. The van der Waals surface area contributed by atoms with Gasteiger partial charge in [0.15, 0.2) is 0 Å². The molecule has 0 saturated heterocycles. The summed E-state index contributed by atoms with van der Waals surface area (Å²) in [5.41, 5.74) is 0.963. The van der Waals surface area contributed by atoms with Gasteiger partial charge in [0.2, 0.25) is 10.0 Å². The SMILES string of the molecule is O=C(O)C(CCc1ccccc1)NS(=O)(=O)c1ccc2c(c1)sc1ccccc12. The number of thiophene rings is 1. The molecule has 4 rings (SSSR count). The number of rotatable bonds is 7. The minimum atomic E-state index is -3.96. The van der Waals surface area contributed by atoms with Crippen LogP contribution in [0.2, 0.25) is 0 Å². The van der Waals surface area contributed by atoms with E-state index >= 15 is 0 Å². The Hall–Kier alpha value is -2.74. The maximum atomic E-state index is 12.8. The first-order chi connectivity index (χ1) is 13.9. The van der Waals surface area contributed by atoms with Crippen LogP contribution in [0.5, 0.6) is 0 Å². The molecule has 0 aliphatic carbocycles. The summed E-state index contributed by atoms with van der Waals surface area (Å²) in [6, 6.07) is 21.0. The van der Waals surface area contributed by atoms with E-state index < -0.39 is 22.0 Å². The number of nitrogens with one attached hydrogen (secondary N) is 1. The molecule has 29 heavy (non-hydrogen) atoms. The Morgan fingerprint density at radius 2 is 1.62 bits per heavy atom. The van der Waals surface area contributed by atoms with Gasteiger partial charge in [-0.2, -0.15) is 4.72 Å². The van der Waals surface area contributed by atoms with Crippen molar-refractivity contribution in [2.75, 3.05) is 0 Å². The molecular formula is C22H19NO4S2. The molecule has 0 spiro atoms. The van der Waals surface area contributed by atoms with Crippen LogP contribution in [-0.4, -0.2) is 25.5 Å². The van der Waals surface area contributed by atoms with E-state index in [1.165, 1.54) is 17.4 Å². The van der Waals surface area contributed by atoms with Crippen LogP contribution in [0.15, 0.2) is 77.7 Å². The van der Waals surface area contributed by atoms with Crippen molar-refractivity contribution in [3.8, 4) is 0 Å². The summed E-state index contributed by atoms with van der Waals surface area (Å²) < 4.78 is 30.0. The molecule has 0 aliphatic rings. The van der Waals surface area contributed by atoms with E-state index in [9.17, 15) is 18.3 Å². The molecule has 5 nitrogen and oxygen atoms in total. The minimum Gasteiger partial charge on any atom is -0.480 e. The molecule has 2 N–H and O–H groups in total. The molecule has 3 aromatic carbocycles. The summed E-state index contributed by atoms with van der Waals surface area (Å²) in [6.07, 6.45) is 0.638. The highest BCUT2D eigenvalue weighted by molar-refractivity contribution is 7.89. The Morgan fingerprint density at radius 1 is 0.931 bits per heavy atom. The molecule has 1 aromatic heterocycles. The molecule has 0 radical (unpaired) electrons. The van der Waals surface area contributed by atoms with Crippen LogP contribution < -0.4 is 4.72 Å². The third-order valence-electron chi connectivity index (χ3n) is 4.82. The fourth-order valence-corrected chi connectivity index (χ4v) is 5.79. The molecule has 1 atom stereocenters. The predicted octanol–water partition coefficient (Wildman–Crippen LogP) is 4.42. The highest BCUT2D eigenvalue weighted by Gasteiger charge is 2.25. The van der Waals surface area contributed by atoms with Crippen LogP contribution in [0.25, 0.3) is 20.2 Å². The summed E-state index contributed by atoms with van der Waals surface area (Å²) in [5.74, 6) is -1.19. The molecule has 1 heterocycles. The average Bonchev–Trinajstić information content (AvgIpc) is 3.09. The number of benzene rings is 3. The first-order valence-corrected chi connectivity index (χ1v) is 11.4. The van der Waals surface area contributed by atoms with Gasteiger partial charge in [-0.15, -0.1) is 11.3 Å². The number of carbonyl (C=O) groups is 1. The zero-order chi connectivity index (χ0) is 20.4. The number of sulfonamides is 1. The molecule has 4 aromatic rings. The van der Waals surface area contributed by atoms with E-state index in [2.05, 4.69) is 4.72 Å². The summed E-state index contributed by atoms with van der Waals surface area (Å²) in [4.78, 5) is 11.7. The van der Waals surface area contributed by atoms with Crippen molar-refractivity contribution < 1.29 is 18.3 Å². The normalized spacial score (nSPS) is 13.0. The van der Waals surface area contributed by atoms with Gasteiger partial charge < -0.3 is 5.11 Å². The monoisotopic (exact) mass is 425 g/mol. The summed E-state index contributed by atoms with van der Waals surface area (Å²) >= 11 is 1.52. The molecule has 148 valence electrons. The lowest BCUT2D eigenvalue weighted by molar-refractivity contribution is -0.139. The van der Waals surface area contributed by atoms with Crippen molar-refractivity contribution in [2.45, 2.75) is 23.8 Å². The van der Waals surface area contributed by atoms with E-state index in [1.54, 1.807) is 12.1 Å². The zero-order valence-electron chi connectivity index (χ0n) is 15.4. The van der Waals surface area contributed by atoms with Crippen LogP contribution in [0.1, 0.15) is 12.0 Å². The highest BCUT2D eigenvalue weighted by atomic mass is 32.2. The second-order valence-corrected chi connectivity index (χ2v) is 9.59. The van der Waals surface area contributed by atoms with Crippen LogP contribution in [0, 0.1) is 0 Å². The van der Waals surface area contributed by atoms with Gasteiger partial charge in [-0.05, 0) is 36.6 Å². The zero-order valence-corrected chi connectivity index (χ0v) is 17.0. The topological polar surface area (TPSA) is 83.5 Å². The average molecular weight is 426 g/mol. The summed E-state index contributed by atoms with van der Waals surface area (Å²) in [5, 5.41) is 11.6. The van der Waals surface area contributed by atoms with Crippen LogP contribution >= 0.6 is 11.3 Å². The predicted molar refractivity (Wildman–Crippen MR) is 116 cm³/mol. The second-order valence-electron chi connectivity index (χ2n) is 6.79. The quantitative estimate of drug-likeness (QED) is 0.459. The standard InChI is InChI=1S/C22H19NO4S2/c24-22(25)19(13-10-15-6-2-1-3-7-15)23-29(26,27)16-11-12-18-17-8-4-5-9-20(17)28-21(18)14-16/h1-9,11-12,14,19,23H,10,13H2,(H,24,25). The van der Waals surface area contributed by atoms with Crippen molar-refractivity contribution >= 4 is 47.5 Å². The van der Waals surface area contributed by atoms with Crippen molar-refractivity contribution in [2.24, 2.45) is 0 Å². The lowest BCUT2D eigenvalue weighted by atomic mass is 10.1. The van der Waals surface area contributed by atoms with Gasteiger partial charge in [-0.1, -0.05) is 54.6 Å². The summed E-state index contributed by atoms with van der Waals surface area (Å²) in [6.45, 7) is 0. The van der Waals surface area contributed by atoms with Gasteiger partial charge in [-0.3, -0.25) is 4.79 Å². The van der Waals surface area contributed by atoms with Crippen molar-refractivity contribution in [1.29, 1.82) is 0 Å². The largest absolute Gasteiger partial charge is 0.480 e. The molecule has 0 aliphatic heterocycles. The fourth-order valence-electron chi connectivity index (χ4n) is 3.32. The van der Waals surface area contributed by atoms with Crippen LogP contribution in [-0.2, 0) is 21.2 Å². The molecule has 1 unspecified atom stereocenters. The molecule has 0 fully saturated rings. The van der Waals surface area contributed by atoms with Gasteiger partial charge in [0.05, 0.1) is 4.90 Å². The maximum Gasteiger partial charge on any atom is 0.321 e. The number of aryl methyl sites for hydroxylation is 1. The van der Waals surface area contributed by atoms with E-state index in [0.717, 1.165) is 25.7 Å². The van der Waals surface area contributed by atoms with Gasteiger partial charge in [0.25, 0.3) is 0 Å². The molecule has 7 heteroatoms. The second kappa shape index (κ2) is 7.94. The van der Waals surface area contributed by atoms with Crippen LogP contribution in [0.3, 0.4) is 0 Å². The van der Waals surface area contributed by atoms with Crippen molar-refractivity contribution in [3.05, 3.63) is 78.4 Å². The fraction of sp³-hybridized carbons (Fsp3) is 0.136. The van der Waals surface area contributed by atoms with Crippen molar-refractivity contribution in [1.82, 2.24) is 4.72 Å². The number of hydrogen-bond donors (Lipinski definition) is 2. The number of carboxylic acid groups (broad SMARTS) is 1. The number of carboxylic acids is 1. The van der Waals surface area contributed by atoms with E-state index in [0.29, 0.717) is 6.42 Å². The number of aliphatic carboxylic acids is 1. The van der Waals surface area contributed by atoms with E-state index in [1.807, 2.05) is 54.6 Å². The number of fused-ring (bicyclic) bond motifs is 3. The lowest BCUT2D eigenvalue weighted by Gasteiger charge is -2.15. The van der Waals surface area contributed by atoms with Crippen LogP contribution in [0.4, 0.5) is 0 Å². The highest BCUT2D eigenvalue weighted by Crippen LogP contribution is 2.34. The van der Waals surface area contributed by atoms with Gasteiger partial charge in [0.1, 0.15) is 6.04 Å². The van der Waals surface area contributed by atoms with Gasteiger partial charge >= 0.3 is 5.97 Å². The van der Waals surface area contributed by atoms with Gasteiger partial charge in [-0.25, -0.2) is 8.42 Å². The number of hydrogen-bond acceptors (Lipinski definition) is 4. The van der Waals surface area contributed by atoms with E-state index in [4.69, 9.17) is 0 Å². The molecular weight excluding hydrogens is 406 g/mol. The molecule has 0 amide bonds. The van der Waals surface area contributed by atoms with Crippen molar-refractivity contribution in [3.63, 3.8) is 0 Å². The summed E-state index contributed by atoms with van der Waals surface area (Å²) in [7, 11) is -3.96. The lowest BCUT2D eigenvalue weighted by Crippen LogP contribution is -2.41. The first kappa shape index (κ1) is 19.6. The van der Waals surface area contributed by atoms with Gasteiger partial charge in [0, 0.05) is 20.2 Å². The molecule has 0 bridgehead atoms. The Labute approximate surface area is 172 Å². The maximum absolute atomic E-state index is 12.8. The molecule has 0 saturated carbocycles.